The third-order valence-corrected chi connectivity index (χ3v) is 5.24. The predicted molar refractivity (Wildman–Crippen MR) is 110 cm³/mol. The van der Waals surface area contributed by atoms with Crippen molar-refractivity contribution < 1.29 is 28.5 Å². The van der Waals surface area contributed by atoms with Gasteiger partial charge in [-0.2, -0.15) is 0 Å². The van der Waals surface area contributed by atoms with E-state index in [2.05, 4.69) is 4.90 Å². The number of Topliss-reactive ketones (excluding diaryl/α,β-unsaturated/α-hetero) is 1. The summed E-state index contributed by atoms with van der Waals surface area (Å²) < 4.78 is 21.7. The molecule has 0 aromatic heterocycles. The van der Waals surface area contributed by atoms with Crippen LogP contribution in [0.4, 0.5) is 0 Å². The van der Waals surface area contributed by atoms with E-state index in [0.717, 1.165) is 29.0 Å². The molecule has 0 fully saturated rings. The first-order chi connectivity index (χ1) is 14.5. The van der Waals surface area contributed by atoms with Gasteiger partial charge in [0.25, 0.3) is 0 Å². The lowest BCUT2D eigenvalue weighted by Gasteiger charge is -2.30. The van der Waals surface area contributed by atoms with E-state index < -0.39 is 5.97 Å². The summed E-state index contributed by atoms with van der Waals surface area (Å²) in [6, 6.07) is 8.65. The van der Waals surface area contributed by atoms with Crippen molar-refractivity contribution in [2.75, 3.05) is 34.1 Å². The number of rotatable bonds is 5. The molecule has 0 radical (unpaired) electrons. The number of benzene rings is 2. The number of carbonyl (C=O) groups is 2. The van der Waals surface area contributed by atoms with E-state index in [9.17, 15) is 9.59 Å². The van der Waals surface area contributed by atoms with Crippen LogP contribution in [0.1, 0.15) is 37.4 Å². The summed E-state index contributed by atoms with van der Waals surface area (Å²) in [5.74, 6) is 0.996. The third-order valence-electron chi connectivity index (χ3n) is 5.24. The van der Waals surface area contributed by atoms with Gasteiger partial charge in [-0.05, 0) is 36.8 Å². The molecule has 0 bridgehead atoms. The lowest BCUT2D eigenvalue weighted by molar-refractivity contribution is 0.0600. The first-order valence-corrected chi connectivity index (χ1v) is 9.65. The number of nitrogens with zero attached hydrogens (tertiary/aromatic N) is 1. The van der Waals surface area contributed by atoms with Gasteiger partial charge in [-0.25, -0.2) is 4.79 Å². The fourth-order valence-corrected chi connectivity index (χ4v) is 3.64. The molecule has 156 valence electrons. The molecule has 7 heteroatoms. The lowest BCUT2D eigenvalue weighted by Crippen LogP contribution is -2.34. The first kappa shape index (κ1) is 20.1. The van der Waals surface area contributed by atoms with E-state index >= 15 is 0 Å². The molecular formula is C23H23NO6. The molecule has 7 nitrogen and oxygen atoms in total. The second-order valence-electron chi connectivity index (χ2n) is 7.24. The zero-order valence-electron chi connectivity index (χ0n) is 17.2. The van der Waals surface area contributed by atoms with Gasteiger partial charge in [-0.3, -0.25) is 9.69 Å². The summed E-state index contributed by atoms with van der Waals surface area (Å²) in [6.07, 6.45) is 1.67. The van der Waals surface area contributed by atoms with Crippen molar-refractivity contribution in [3.05, 3.63) is 63.9 Å². The minimum absolute atomic E-state index is 0.165. The minimum atomic E-state index is -0.407. The van der Waals surface area contributed by atoms with Crippen molar-refractivity contribution in [3.63, 3.8) is 0 Å². The van der Waals surface area contributed by atoms with E-state index in [-0.39, 0.29) is 11.5 Å². The minimum Gasteiger partial charge on any atom is -0.477 e. The van der Waals surface area contributed by atoms with Gasteiger partial charge >= 0.3 is 5.97 Å². The van der Waals surface area contributed by atoms with Crippen molar-refractivity contribution in [2.24, 2.45) is 0 Å². The fraction of sp³-hybridized carbons (Fsp3) is 0.304. The van der Waals surface area contributed by atoms with E-state index in [4.69, 9.17) is 18.9 Å². The Hall–Kier alpha value is -3.16. The second kappa shape index (κ2) is 8.30. The maximum Gasteiger partial charge on any atom is 0.337 e. The third kappa shape index (κ3) is 3.69. The van der Waals surface area contributed by atoms with Gasteiger partial charge in [0.2, 0.25) is 5.78 Å². The maximum atomic E-state index is 13.0. The zero-order valence-corrected chi connectivity index (χ0v) is 17.2. The van der Waals surface area contributed by atoms with E-state index in [1.807, 2.05) is 13.0 Å². The van der Waals surface area contributed by atoms with Crippen molar-refractivity contribution >= 4 is 17.8 Å². The van der Waals surface area contributed by atoms with Gasteiger partial charge in [-0.15, -0.1) is 0 Å². The standard InChI is InChI=1S/C23H23NO6/c1-14-21-17(12-24(13-29-21)8-9-27-2)11-18-20(25)19(30-22(14)18)10-15-4-6-16(7-5-15)23(26)28-3/h4-7,10-11H,8-9,12-13H2,1-3H3/b19-10-. The summed E-state index contributed by atoms with van der Waals surface area (Å²) in [5, 5.41) is 0. The van der Waals surface area contributed by atoms with Crippen molar-refractivity contribution in [3.8, 4) is 11.5 Å². The van der Waals surface area contributed by atoms with Crippen LogP contribution in [0.3, 0.4) is 0 Å². The van der Waals surface area contributed by atoms with Crippen LogP contribution >= 0.6 is 0 Å². The van der Waals surface area contributed by atoms with Crippen LogP contribution in [0.15, 0.2) is 36.1 Å². The monoisotopic (exact) mass is 409 g/mol. The maximum absolute atomic E-state index is 13.0. The van der Waals surface area contributed by atoms with Crippen LogP contribution in [-0.4, -0.2) is 50.8 Å². The Balaban J connectivity index is 1.59. The molecule has 30 heavy (non-hydrogen) atoms. The van der Waals surface area contributed by atoms with Crippen LogP contribution in [0, 0.1) is 6.92 Å². The molecule has 0 N–H and O–H groups in total. The van der Waals surface area contributed by atoms with Gasteiger partial charge in [0, 0.05) is 31.3 Å². The first-order valence-electron chi connectivity index (χ1n) is 9.65. The molecule has 2 aromatic rings. The highest BCUT2D eigenvalue weighted by Crippen LogP contribution is 2.43. The molecule has 0 saturated carbocycles. The fourth-order valence-electron chi connectivity index (χ4n) is 3.64. The molecule has 0 amide bonds. The van der Waals surface area contributed by atoms with Gasteiger partial charge in [0.1, 0.15) is 18.2 Å². The van der Waals surface area contributed by atoms with Crippen LogP contribution < -0.4 is 9.47 Å². The summed E-state index contributed by atoms with van der Waals surface area (Å²) in [7, 11) is 3.01. The molecule has 0 saturated heterocycles. The van der Waals surface area contributed by atoms with Crippen LogP contribution in [-0.2, 0) is 16.0 Å². The van der Waals surface area contributed by atoms with Crippen molar-refractivity contribution in [2.45, 2.75) is 13.5 Å². The molecule has 0 atom stereocenters. The molecule has 2 aromatic carbocycles. The summed E-state index contributed by atoms with van der Waals surface area (Å²) in [6.45, 7) is 4.44. The number of hydrogen-bond acceptors (Lipinski definition) is 7. The predicted octanol–water partition coefficient (Wildman–Crippen LogP) is 3.20. The van der Waals surface area contributed by atoms with Gasteiger partial charge < -0.3 is 18.9 Å². The highest BCUT2D eigenvalue weighted by Gasteiger charge is 2.33. The Morgan fingerprint density at radius 1 is 1.20 bits per heavy atom. The molecule has 2 aliphatic heterocycles. The molecule has 4 rings (SSSR count). The molecule has 2 heterocycles. The average Bonchev–Trinajstić information content (AvgIpc) is 3.08. The Labute approximate surface area is 174 Å². The molecule has 0 spiro atoms. The SMILES string of the molecule is COCCN1COc2c(cc3c(c2C)O/C(=C\c2ccc(C(=O)OC)cc2)C3=O)C1. The van der Waals surface area contributed by atoms with Crippen molar-refractivity contribution in [1.29, 1.82) is 0 Å². The number of methoxy groups -OCH3 is 2. The number of fused-ring (bicyclic) bond motifs is 2. The van der Waals surface area contributed by atoms with Gasteiger partial charge in [0.15, 0.2) is 5.76 Å². The Morgan fingerprint density at radius 2 is 1.97 bits per heavy atom. The summed E-state index contributed by atoms with van der Waals surface area (Å²) in [4.78, 5) is 26.7. The molecular weight excluding hydrogens is 386 g/mol. The highest BCUT2D eigenvalue weighted by atomic mass is 16.5. The normalized spacial score (nSPS) is 16.6. The number of esters is 1. The number of hydrogen-bond donors (Lipinski definition) is 0. The summed E-state index contributed by atoms with van der Waals surface area (Å²) in [5.41, 5.74) is 3.53. The van der Waals surface area contributed by atoms with Gasteiger partial charge in [-0.1, -0.05) is 12.1 Å². The largest absolute Gasteiger partial charge is 0.477 e. The second-order valence-corrected chi connectivity index (χ2v) is 7.24. The Kier molecular flexibility index (Phi) is 5.57. The number of carbonyl (C=O) groups excluding carboxylic acids is 2. The van der Waals surface area contributed by atoms with Crippen LogP contribution in [0.25, 0.3) is 6.08 Å². The van der Waals surface area contributed by atoms with E-state index in [0.29, 0.717) is 36.8 Å². The molecule has 0 unspecified atom stereocenters. The smallest absolute Gasteiger partial charge is 0.337 e. The molecule has 0 aliphatic carbocycles. The lowest BCUT2D eigenvalue weighted by atomic mass is 10.00. The number of allylic oxidation sites excluding steroid dienone is 1. The van der Waals surface area contributed by atoms with Crippen molar-refractivity contribution in [1.82, 2.24) is 4.90 Å². The number of ketones is 1. The molecule has 2 aliphatic rings. The Bertz CT molecular complexity index is 1020. The average molecular weight is 409 g/mol. The quantitative estimate of drug-likeness (QED) is 0.555. The van der Waals surface area contributed by atoms with Crippen LogP contribution in [0.5, 0.6) is 11.5 Å². The van der Waals surface area contributed by atoms with Crippen LogP contribution in [0.2, 0.25) is 0 Å². The van der Waals surface area contributed by atoms with E-state index in [1.165, 1.54) is 7.11 Å². The topological polar surface area (TPSA) is 74.3 Å². The summed E-state index contributed by atoms with van der Waals surface area (Å²) >= 11 is 0. The number of ether oxygens (including phenoxy) is 4. The zero-order chi connectivity index (χ0) is 21.3. The Morgan fingerprint density at radius 3 is 2.67 bits per heavy atom. The van der Waals surface area contributed by atoms with E-state index in [1.54, 1.807) is 37.5 Å². The highest BCUT2D eigenvalue weighted by molar-refractivity contribution is 6.15. The van der Waals surface area contributed by atoms with Gasteiger partial charge in [0.05, 0.1) is 24.8 Å².